The monoisotopic (exact) mass is 276 g/mol. The highest BCUT2D eigenvalue weighted by Crippen LogP contribution is 2.28. The average molecular weight is 276 g/mol. The number of aromatic hydroxyl groups is 2. The fraction of sp³-hybridized carbons (Fsp3) is 0.625. The van der Waals surface area contributed by atoms with Crippen molar-refractivity contribution in [3.63, 3.8) is 0 Å². The van der Waals surface area contributed by atoms with Crippen molar-refractivity contribution in [1.29, 1.82) is 0 Å². The summed E-state index contributed by atoms with van der Waals surface area (Å²) in [6.45, 7) is 4.30. The van der Waals surface area contributed by atoms with Gasteiger partial charge in [0, 0.05) is 19.1 Å². The molecule has 0 bridgehead atoms. The molecule has 0 radical (unpaired) electrons. The van der Waals surface area contributed by atoms with Crippen LogP contribution in [0.25, 0.3) is 0 Å². The zero-order chi connectivity index (χ0) is 13.9. The average Bonchev–Trinajstić information content (AvgIpc) is 2.97. The van der Waals surface area contributed by atoms with Gasteiger partial charge in [0.05, 0.1) is 0 Å². The van der Waals surface area contributed by atoms with Crippen LogP contribution >= 0.6 is 0 Å². The van der Waals surface area contributed by atoms with Crippen molar-refractivity contribution in [2.75, 3.05) is 19.6 Å². The summed E-state index contributed by atoms with van der Waals surface area (Å²) in [5, 5.41) is 22.6. The van der Waals surface area contributed by atoms with E-state index in [0.717, 1.165) is 31.1 Å². The molecule has 3 N–H and O–H groups in total. The SMILES string of the molecule is Oc1ccc(CN2CCCC(C3CCCN3)C2)cc1O. The maximum Gasteiger partial charge on any atom is 0.157 e. The van der Waals surface area contributed by atoms with Crippen LogP contribution in [0.3, 0.4) is 0 Å². The van der Waals surface area contributed by atoms with E-state index < -0.39 is 0 Å². The molecule has 1 aromatic carbocycles. The number of piperidine rings is 1. The summed E-state index contributed by atoms with van der Waals surface area (Å²) in [4.78, 5) is 2.47. The molecular weight excluding hydrogens is 252 g/mol. The fourth-order valence-corrected chi connectivity index (χ4v) is 3.60. The normalized spacial score (nSPS) is 27.8. The van der Waals surface area contributed by atoms with Gasteiger partial charge in [0.1, 0.15) is 0 Å². The van der Waals surface area contributed by atoms with Crippen molar-refractivity contribution in [2.45, 2.75) is 38.3 Å². The first-order chi connectivity index (χ1) is 9.72. The first-order valence-corrected chi connectivity index (χ1v) is 7.69. The zero-order valence-electron chi connectivity index (χ0n) is 11.9. The van der Waals surface area contributed by atoms with E-state index in [2.05, 4.69) is 10.2 Å². The van der Waals surface area contributed by atoms with E-state index in [0.29, 0.717) is 6.04 Å². The molecule has 2 heterocycles. The second-order valence-electron chi connectivity index (χ2n) is 6.16. The molecule has 110 valence electrons. The molecule has 0 amide bonds. The minimum absolute atomic E-state index is 0.0199. The smallest absolute Gasteiger partial charge is 0.157 e. The van der Waals surface area contributed by atoms with Crippen molar-refractivity contribution < 1.29 is 10.2 Å². The van der Waals surface area contributed by atoms with Gasteiger partial charge in [-0.1, -0.05) is 6.07 Å². The van der Waals surface area contributed by atoms with Crippen molar-refractivity contribution in [2.24, 2.45) is 5.92 Å². The number of likely N-dealkylation sites (tertiary alicyclic amines) is 1. The molecule has 1 aromatic rings. The number of phenols is 2. The molecule has 0 spiro atoms. The Morgan fingerprint density at radius 2 is 2.05 bits per heavy atom. The predicted octanol–water partition coefficient (Wildman–Crippen LogP) is 2.06. The molecule has 0 aliphatic carbocycles. The summed E-state index contributed by atoms with van der Waals surface area (Å²) in [6.07, 6.45) is 5.22. The Hall–Kier alpha value is -1.26. The Morgan fingerprint density at radius 1 is 1.15 bits per heavy atom. The highest BCUT2D eigenvalue weighted by Gasteiger charge is 2.28. The summed E-state index contributed by atoms with van der Waals surface area (Å²) in [6, 6.07) is 5.84. The first-order valence-electron chi connectivity index (χ1n) is 7.69. The number of hydrogen-bond donors (Lipinski definition) is 3. The summed E-state index contributed by atoms with van der Waals surface area (Å²) < 4.78 is 0. The maximum absolute atomic E-state index is 9.58. The van der Waals surface area contributed by atoms with Crippen molar-refractivity contribution >= 4 is 0 Å². The lowest BCUT2D eigenvalue weighted by Crippen LogP contribution is -2.43. The van der Waals surface area contributed by atoms with E-state index in [9.17, 15) is 10.2 Å². The molecule has 2 atom stereocenters. The summed E-state index contributed by atoms with van der Waals surface area (Å²) in [5.74, 6) is 0.700. The number of nitrogens with one attached hydrogen (secondary N) is 1. The first kappa shape index (κ1) is 13.7. The number of nitrogens with zero attached hydrogens (tertiary/aromatic N) is 1. The Morgan fingerprint density at radius 3 is 2.80 bits per heavy atom. The van der Waals surface area contributed by atoms with Gasteiger partial charge in [-0.25, -0.2) is 0 Å². The third-order valence-electron chi connectivity index (χ3n) is 4.66. The molecule has 0 aromatic heterocycles. The Bertz CT molecular complexity index is 458. The van der Waals surface area contributed by atoms with Crippen LogP contribution in [-0.2, 0) is 6.54 Å². The van der Waals surface area contributed by atoms with Crippen molar-refractivity contribution in [1.82, 2.24) is 10.2 Å². The molecular formula is C16H24N2O2. The van der Waals surface area contributed by atoms with E-state index in [4.69, 9.17) is 0 Å². The van der Waals surface area contributed by atoms with Crippen LogP contribution in [0, 0.1) is 5.92 Å². The largest absolute Gasteiger partial charge is 0.504 e. The second-order valence-corrected chi connectivity index (χ2v) is 6.16. The van der Waals surface area contributed by atoms with Crippen LogP contribution in [0.5, 0.6) is 11.5 Å². The van der Waals surface area contributed by atoms with Gasteiger partial charge in [-0.05, 0) is 62.4 Å². The minimum Gasteiger partial charge on any atom is -0.504 e. The summed E-state index contributed by atoms with van der Waals surface area (Å²) in [7, 11) is 0. The van der Waals surface area contributed by atoms with Gasteiger partial charge in [-0.2, -0.15) is 0 Å². The zero-order valence-corrected chi connectivity index (χ0v) is 11.9. The lowest BCUT2D eigenvalue weighted by Gasteiger charge is -2.35. The molecule has 2 aliphatic rings. The van der Waals surface area contributed by atoms with Gasteiger partial charge in [0.25, 0.3) is 0 Å². The predicted molar refractivity (Wildman–Crippen MR) is 78.8 cm³/mol. The molecule has 2 unspecified atom stereocenters. The van der Waals surface area contributed by atoms with E-state index in [-0.39, 0.29) is 11.5 Å². The van der Waals surface area contributed by atoms with E-state index in [1.54, 1.807) is 12.1 Å². The van der Waals surface area contributed by atoms with Crippen molar-refractivity contribution in [3.05, 3.63) is 23.8 Å². The molecule has 2 saturated heterocycles. The molecule has 4 nitrogen and oxygen atoms in total. The number of rotatable bonds is 3. The molecule has 3 rings (SSSR count). The quantitative estimate of drug-likeness (QED) is 0.740. The van der Waals surface area contributed by atoms with Gasteiger partial charge in [0.2, 0.25) is 0 Å². The van der Waals surface area contributed by atoms with Crippen LogP contribution in [-0.4, -0.2) is 40.8 Å². The molecule has 20 heavy (non-hydrogen) atoms. The second kappa shape index (κ2) is 6.02. The lowest BCUT2D eigenvalue weighted by molar-refractivity contribution is 0.145. The molecule has 2 fully saturated rings. The maximum atomic E-state index is 9.58. The highest BCUT2D eigenvalue weighted by atomic mass is 16.3. The van der Waals surface area contributed by atoms with Crippen LogP contribution in [0.2, 0.25) is 0 Å². The van der Waals surface area contributed by atoms with E-state index >= 15 is 0 Å². The topological polar surface area (TPSA) is 55.7 Å². The number of phenolic OH excluding ortho intramolecular Hbond substituents is 2. The Balaban J connectivity index is 1.60. The fourth-order valence-electron chi connectivity index (χ4n) is 3.60. The van der Waals surface area contributed by atoms with Gasteiger partial charge in [-0.15, -0.1) is 0 Å². The highest BCUT2D eigenvalue weighted by molar-refractivity contribution is 5.40. The molecule has 0 saturated carbocycles. The Kier molecular flexibility index (Phi) is 4.13. The summed E-state index contributed by atoms with van der Waals surface area (Å²) in [5.41, 5.74) is 1.07. The third-order valence-corrected chi connectivity index (χ3v) is 4.66. The standard InChI is InChI=1S/C16H24N2O2/c19-15-6-5-12(9-16(15)20)10-18-8-2-3-13(11-18)14-4-1-7-17-14/h5-6,9,13-14,17,19-20H,1-4,7-8,10-11H2. The van der Waals surface area contributed by atoms with Crippen LogP contribution in [0.1, 0.15) is 31.2 Å². The number of hydrogen-bond acceptors (Lipinski definition) is 4. The van der Waals surface area contributed by atoms with Crippen LogP contribution in [0.15, 0.2) is 18.2 Å². The van der Waals surface area contributed by atoms with Crippen molar-refractivity contribution in [3.8, 4) is 11.5 Å². The van der Waals surface area contributed by atoms with Crippen LogP contribution < -0.4 is 5.32 Å². The summed E-state index contributed by atoms with van der Waals surface area (Å²) >= 11 is 0. The van der Waals surface area contributed by atoms with Gasteiger partial charge < -0.3 is 15.5 Å². The molecule has 4 heteroatoms. The van der Waals surface area contributed by atoms with E-state index in [1.165, 1.54) is 32.2 Å². The lowest BCUT2D eigenvalue weighted by atomic mass is 9.89. The van der Waals surface area contributed by atoms with Gasteiger partial charge in [-0.3, -0.25) is 4.90 Å². The third kappa shape index (κ3) is 3.07. The van der Waals surface area contributed by atoms with Crippen LogP contribution in [0.4, 0.5) is 0 Å². The Labute approximate surface area is 120 Å². The molecule has 2 aliphatic heterocycles. The number of benzene rings is 1. The minimum atomic E-state index is -0.0413. The van der Waals surface area contributed by atoms with Gasteiger partial charge in [0.15, 0.2) is 11.5 Å². The van der Waals surface area contributed by atoms with E-state index in [1.807, 2.05) is 6.07 Å². The van der Waals surface area contributed by atoms with Gasteiger partial charge >= 0.3 is 0 Å².